The molecule has 4 saturated carbocycles. The molecule has 3 amide bonds. The van der Waals surface area contributed by atoms with Gasteiger partial charge in [-0.3, -0.25) is 57.2 Å². The van der Waals surface area contributed by atoms with Crippen LogP contribution in [0.15, 0.2) is 152 Å². The first kappa shape index (κ1) is 102. The number of sulfonamides is 2. The van der Waals surface area contributed by atoms with E-state index in [1.54, 1.807) is 78.5 Å². The summed E-state index contributed by atoms with van der Waals surface area (Å²) in [4.78, 5) is 158. The molecule has 0 spiro atoms. The zero-order chi connectivity index (χ0) is 98.7. The topological polar surface area (TPSA) is 426 Å². The van der Waals surface area contributed by atoms with Crippen LogP contribution in [0.25, 0.3) is 44.6 Å². The number of nitrogens with one attached hydrogen (secondary N) is 1. The molecule has 10 atom stereocenters. The van der Waals surface area contributed by atoms with Crippen molar-refractivity contribution in [1.82, 2.24) is 58.5 Å². The van der Waals surface area contributed by atoms with Crippen LogP contribution in [0.5, 0.6) is 11.8 Å². The zero-order valence-corrected chi connectivity index (χ0v) is 80.5. The number of esters is 2. The Kier molecular flexibility index (Phi) is 32.2. The molecule has 9 fully saturated rings. The summed E-state index contributed by atoms with van der Waals surface area (Å²) in [5.74, 6) is -13.5. The number of aliphatic carboxylic acids is 1. The molecule has 38 heteroatoms. The molecule has 742 valence electrons. The second-order valence-corrected chi connectivity index (χ2v) is 43.9. The molecule has 4 N–H and O–H groups in total. The molecule has 10 aliphatic rings. The van der Waals surface area contributed by atoms with Crippen LogP contribution in [0.3, 0.4) is 0 Å². The van der Waals surface area contributed by atoms with Gasteiger partial charge in [-0.2, -0.15) is 0 Å². The molecule has 6 aliphatic heterocycles. The van der Waals surface area contributed by atoms with Gasteiger partial charge in [0.1, 0.15) is 47.5 Å². The lowest BCUT2D eigenvalue weighted by Gasteiger charge is -2.29. The average molecular weight is 1950 g/mol. The van der Waals surface area contributed by atoms with Crippen molar-refractivity contribution < 1.29 is 102 Å². The maximum absolute atomic E-state index is 15.4. The number of carbonyl (C=O) groups excluding carboxylic acids is 8. The highest BCUT2D eigenvalue weighted by atomic mass is 32.2. The van der Waals surface area contributed by atoms with Crippen molar-refractivity contribution in [2.45, 2.75) is 286 Å². The highest BCUT2D eigenvalue weighted by Gasteiger charge is 2.66. The van der Waals surface area contributed by atoms with Crippen molar-refractivity contribution >= 4 is 101 Å². The number of ketones is 2. The summed E-state index contributed by atoms with van der Waals surface area (Å²) in [6.45, 7) is 13.8. The number of aliphatic imine (C=N–C) groups is 1. The Hall–Kier alpha value is -11.5. The lowest BCUT2D eigenvalue weighted by atomic mass is 9.89. The van der Waals surface area contributed by atoms with Crippen LogP contribution in [0, 0.1) is 34.5 Å². The van der Waals surface area contributed by atoms with Crippen LogP contribution in [-0.4, -0.2) is 225 Å². The van der Waals surface area contributed by atoms with Gasteiger partial charge in [-0.15, -0.1) is 0 Å². The maximum atomic E-state index is 15.4. The minimum atomic E-state index is -4.04. The van der Waals surface area contributed by atoms with Gasteiger partial charge in [-0.1, -0.05) is 117 Å². The minimum absolute atomic E-state index is 0.0225. The summed E-state index contributed by atoms with van der Waals surface area (Å²) >= 11 is 0. The lowest BCUT2D eigenvalue weighted by molar-refractivity contribution is -0.159. The van der Waals surface area contributed by atoms with Crippen molar-refractivity contribution in [1.29, 1.82) is 0 Å². The molecule has 4 aromatic heterocycles. The molecular weight excluding hydrogens is 1830 g/mol. The fourth-order valence-electron chi connectivity index (χ4n) is 19.2. The number of rotatable bonds is 15. The smallest absolute Gasteiger partial charge is 0.338 e. The lowest BCUT2D eigenvalue weighted by Crippen LogP contribution is -2.46. The molecule has 5 saturated heterocycles. The standard InChI is InChI=1S/C42H50F2N4O8S.C39H45F2N3O7.C9H16N2.C7H6N4O.C3H7NO2S/c1-40(2,3)56-35(50)20-27-14-8-5-11-19-42(43,44)23-28-22-41(28,39(52)47-57(53,54)30-17-18-30)24-34(49)33-21-29(25-48(33)38(27)51)55-37-36(26-12-6-4-7-13-26)45-31-15-9-10-16-32(31)46-37;1-37(2,3)51-32(46)18-25-14-8-5-11-17-39(40,41)21-26-20-38(26,36(48)49)22-31(45)30-19-27(23-44(30)35(25)47)50-34-33(24-12-6-4-7-13-24)42-28-15-9-10-16-29(28)43-34;1-2-5-9-10-6-4-8-11(9)7-3-1;12-7(10-3-1-8-5-10)11-4-2-9-6-11;4-7(5,6)3-1-2-3/h4,6-7,9-10,12-13,15-16,27-30,33H,5,8,11,14,17-25H2,1-3H3,(H,47,52);4,6-7,9-10,12-13,15-16,25-27,30H,5,8,11,14,17-23H2,1-3H3,(H,48,49);1-8H2;1-6H;3H,1-2H2,(H2,4,5,6)/t27-,28+,29-,33+,41-;25-,26+,27-,30+,38-;;;/m11.../s1. The Labute approximate surface area is 800 Å². The van der Waals surface area contributed by atoms with E-state index in [2.05, 4.69) is 24.6 Å². The van der Waals surface area contributed by atoms with Gasteiger partial charge in [-0.05, 0) is 161 Å². The number of ether oxygens (including phenoxy) is 4. The highest BCUT2D eigenvalue weighted by molar-refractivity contribution is 7.91. The summed E-state index contributed by atoms with van der Waals surface area (Å²) in [5.41, 5.74) is -0.0607. The van der Waals surface area contributed by atoms with Crippen LogP contribution in [-0.2, 0) is 67.9 Å². The van der Waals surface area contributed by atoms with E-state index in [-0.39, 0.29) is 100 Å². The van der Waals surface area contributed by atoms with Crippen LogP contribution < -0.4 is 19.3 Å². The first-order valence-corrected chi connectivity index (χ1v) is 51.1. The van der Waals surface area contributed by atoms with E-state index >= 15 is 17.6 Å². The van der Waals surface area contributed by atoms with E-state index in [1.165, 1.54) is 82.6 Å². The summed E-state index contributed by atoms with van der Waals surface area (Å²) in [5, 5.41) is 14.0. The number of amides is 3. The summed E-state index contributed by atoms with van der Waals surface area (Å²) in [6, 6.07) is 30.8. The number of primary sulfonamides is 1. The van der Waals surface area contributed by atoms with Gasteiger partial charge in [0, 0.05) is 125 Å². The van der Waals surface area contributed by atoms with Gasteiger partial charge in [0.15, 0.2) is 11.6 Å². The third-order valence-electron chi connectivity index (χ3n) is 26.7. The maximum Gasteiger partial charge on any atom is 0.338 e. The van der Waals surface area contributed by atoms with Crippen LogP contribution in [0.1, 0.15) is 228 Å². The summed E-state index contributed by atoms with van der Waals surface area (Å²) in [7, 11) is -7.17. The molecule has 8 aromatic rings. The molecule has 0 unspecified atom stereocenters. The third-order valence-corrected chi connectivity index (χ3v) is 30.0. The van der Waals surface area contributed by atoms with Crippen LogP contribution in [0.4, 0.5) is 22.4 Å². The SMILES string of the molecule is C1CCC2=NCCCN2CC1.CC(C)(C)OC(=O)C[C@H]1CCCCCC(F)(F)C[C@@H]2C[C@@]2(C(=O)NS(=O)(=O)C2CC2)CC(=O)[C@@H]2C[C@@H](Oc3nc4ccccc4nc3-c3ccccc3)CN2C1=O.CC(C)(C)OC(=O)C[C@H]1CCCCCC(F)(F)C[C@@H]2C[C@@]2(C(=O)O)CC(=O)[C@@H]2C[C@@H](Oc3nc4ccccc4nc3-c3ccccc3)CN2C1=O.NS(=O)(=O)C1CC1.O=C(n1ccnc1)n1ccnc1. The van der Waals surface area contributed by atoms with Gasteiger partial charge in [0.2, 0.25) is 61.4 Å². The number of para-hydroxylation sites is 4. The number of carboxylic acid groups (broad SMARTS) is 1. The van der Waals surface area contributed by atoms with Crippen molar-refractivity contribution in [3.05, 3.63) is 147 Å². The quantitative estimate of drug-likeness (QED) is 0.0634. The van der Waals surface area contributed by atoms with Crippen LogP contribution >= 0.6 is 0 Å². The number of carbonyl (C=O) groups is 9. The largest absolute Gasteiger partial charge is 0.481 e. The number of nitrogens with two attached hydrogens (primary N) is 1. The predicted molar refractivity (Wildman–Crippen MR) is 504 cm³/mol. The summed E-state index contributed by atoms with van der Waals surface area (Å²) < 4.78 is 136. The van der Waals surface area contributed by atoms with Crippen molar-refractivity contribution in [2.75, 3.05) is 32.7 Å². The number of aromatic nitrogens is 8. The molecule has 138 heavy (non-hydrogen) atoms. The first-order chi connectivity index (χ1) is 65.5. The number of nitrogens with zero attached hydrogens (tertiary/aromatic N) is 12. The van der Waals surface area contributed by atoms with E-state index in [9.17, 15) is 65.1 Å². The zero-order valence-electron chi connectivity index (χ0n) is 78.8. The van der Waals surface area contributed by atoms with Gasteiger partial charge < -0.3 is 38.8 Å². The molecule has 10 heterocycles. The number of fused-ring (bicyclic) bond motifs is 7. The molecular formula is C100H124F4N14O18S2. The number of alkyl halides is 4. The molecule has 32 nitrogen and oxygen atoms in total. The number of Topliss-reactive ketones (excluding diaryl/α,β-unsaturated/α-hetero) is 2. The number of halogens is 4. The second-order valence-electron chi connectivity index (χ2n) is 40.1. The predicted octanol–water partition coefficient (Wildman–Crippen LogP) is 15.3. The highest BCUT2D eigenvalue weighted by Crippen LogP contribution is 2.62. The van der Waals surface area contributed by atoms with E-state index in [4.69, 9.17) is 44.0 Å². The minimum Gasteiger partial charge on any atom is -0.481 e. The Morgan fingerprint density at radius 3 is 1.36 bits per heavy atom. The number of carboxylic acids is 1. The molecule has 18 rings (SSSR count). The van der Waals surface area contributed by atoms with Gasteiger partial charge in [0.25, 0.3) is 0 Å². The fourth-order valence-corrected chi connectivity index (χ4v) is 21.3. The number of imidazole rings is 2. The van der Waals surface area contributed by atoms with Crippen LogP contribution in [0.2, 0.25) is 0 Å². The van der Waals surface area contributed by atoms with Crippen molar-refractivity contribution in [3.63, 3.8) is 0 Å². The first-order valence-electron chi connectivity index (χ1n) is 48.0. The Morgan fingerprint density at radius 1 is 0.514 bits per heavy atom. The Balaban J connectivity index is 0.000000168. The average Bonchev–Trinajstić information content (AvgIpc) is 1.56. The number of amidine groups is 1. The van der Waals surface area contributed by atoms with Gasteiger partial charge in [-0.25, -0.2) is 74.2 Å². The number of hydrogen-bond acceptors (Lipinski definition) is 25. The Bertz CT molecular complexity index is 5930. The molecule has 4 aromatic carbocycles. The third kappa shape index (κ3) is 27.1. The Morgan fingerprint density at radius 2 is 0.935 bits per heavy atom. The second kappa shape index (κ2) is 43.5. The molecule has 0 bridgehead atoms. The molecule has 4 aliphatic carbocycles. The summed E-state index contributed by atoms with van der Waals surface area (Å²) in [6.07, 6.45) is 15.1. The van der Waals surface area contributed by atoms with Crippen molar-refractivity contribution in [3.8, 4) is 34.3 Å². The van der Waals surface area contributed by atoms with E-state index in [0.29, 0.717) is 72.0 Å². The number of hydrogen-bond donors (Lipinski definition) is 3. The fraction of sp³-hybridized carbons (Fsp3) is 0.560. The monoisotopic (exact) mass is 1950 g/mol. The van der Waals surface area contributed by atoms with E-state index < -0.39 is 193 Å². The van der Waals surface area contributed by atoms with Gasteiger partial charge >= 0.3 is 23.9 Å². The van der Waals surface area contributed by atoms with E-state index in [0.717, 1.165) is 30.5 Å². The normalized spacial score (nSPS) is 25.2. The number of benzene rings is 4. The van der Waals surface area contributed by atoms with Gasteiger partial charge in [0.05, 0.1) is 87.2 Å². The van der Waals surface area contributed by atoms with Crippen molar-refractivity contribution in [2.24, 2.45) is 44.6 Å². The van der Waals surface area contributed by atoms with E-state index in [1.807, 2.05) is 97.1 Å². The molecule has 0 radical (unpaired) electrons.